The first-order chi connectivity index (χ1) is 32.1. The van der Waals surface area contributed by atoms with Crippen LogP contribution in [0.15, 0.2) is 190 Å². The first kappa shape index (κ1) is 17.8. The summed E-state index contributed by atoms with van der Waals surface area (Å²) in [6.07, 6.45) is 0. The van der Waals surface area contributed by atoms with Crippen LogP contribution in [0.3, 0.4) is 0 Å². The van der Waals surface area contributed by atoms with Gasteiger partial charge in [-0.15, -0.1) is 0 Å². The van der Waals surface area contributed by atoms with Crippen molar-refractivity contribution in [2.24, 2.45) is 0 Å². The van der Waals surface area contributed by atoms with Crippen LogP contribution in [0.1, 0.15) is 20.6 Å². The van der Waals surface area contributed by atoms with Crippen LogP contribution in [-0.4, -0.2) is 0 Å². The van der Waals surface area contributed by atoms with E-state index in [-0.39, 0.29) is 38.3 Å². The molecule has 0 unspecified atom stereocenters. The van der Waals surface area contributed by atoms with E-state index in [1.165, 1.54) is 0 Å². The highest BCUT2D eigenvalue weighted by molar-refractivity contribution is 6.28. The van der Waals surface area contributed by atoms with Crippen molar-refractivity contribution in [2.75, 3.05) is 0 Å². The largest absolute Gasteiger partial charge is 0.455 e. The van der Waals surface area contributed by atoms with Gasteiger partial charge in [0.2, 0.25) is 0 Å². The molecule has 2 aromatic heterocycles. The lowest BCUT2D eigenvalue weighted by molar-refractivity contribution is 0.632. The topological polar surface area (TPSA) is 26.3 Å². The van der Waals surface area contributed by atoms with Gasteiger partial charge in [0.05, 0.1) is 20.6 Å². The zero-order valence-corrected chi connectivity index (χ0v) is 27.0. The van der Waals surface area contributed by atoms with Crippen LogP contribution >= 0.6 is 0 Å². The van der Waals surface area contributed by atoms with Crippen LogP contribution in [0, 0.1) is 0 Å². The van der Waals surface area contributed by atoms with Crippen LogP contribution in [0.2, 0.25) is 0 Å². The number of hydrogen-bond donors (Lipinski definition) is 0. The quantitative estimate of drug-likeness (QED) is 0.173. The van der Waals surface area contributed by atoms with Crippen molar-refractivity contribution in [2.45, 2.75) is 0 Å². The maximum absolute atomic E-state index is 9.54. The number of furan rings is 2. The number of hydrogen-bond acceptors (Lipinski definition) is 2. The van der Waals surface area contributed by atoms with Crippen LogP contribution in [-0.2, 0) is 0 Å². The average Bonchev–Trinajstić information content (AvgIpc) is 3.92. The zero-order valence-electron chi connectivity index (χ0n) is 42.0. The summed E-state index contributed by atoms with van der Waals surface area (Å²) in [6.45, 7) is 0. The average molecular weight is 678 g/mol. The van der Waals surface area contributed by atoms with Crippen LogP contribution in [0.5, 0.6) is 0 Å². The molecule has 52 heavy (non-hydrogen) atoms. The number of fused-ring (bicyclic) bond motifs is 8. The second-order valence-corrected chi connectivity index (χ2v) is 12.4. The molecular weight excluding hydrogens is 633 g/mol. The van der Waals surface area contributed by atoms with Crippen molar-refractivity contribution in [1.29, 1.82) is 0 Å². The fraction of sp³-hybridized carbons (Fsp3) is 0. The Kier molecular flexibility index (Phi) is 3.88. The third-order valence-corrected chi connectivity index (χ3v) is 9.56. The third kappa shape index (κ3) is 4.25. The lowest BCUT2D eigenvalue weighted by Crippen LogP contribution is -1.91. The van der Waals surface area contributed by atoms with Crippen LogP contribution in [0.4, 0.5) is 0 Å². The predicted octanol–water partition coefficient (Wildman–Crippen LogP) is 14.5. The number of benzene rings is 9. The van der Waals surface area contributed by atoms with Gasteiger partial charge in [-0.1, -0.05) is 163 Å². The van der Waals surface area contributed by atoms with E-state index in [4.69, 9.17) is 21.2 Å². The van der Waals surface area contributed by atoms with E-state index in [1.807, 2.05) is 66.7 Å². The van der Waals surface area contributed by atoms with Crippen LogP contribution in [0.25, 0.3) is 110 Å². The van der Waals surface area contributed by atoms with E-state index in [0.717, 1.165) is 22.1 Å². The van der Waals surface area contributed by atoms with Crippen molar-refractivity contribution in [3.05, 3.63) is 182 Å². The van der Waals surface area contributed by atoms with Crippen molar-refractivity contribution in [1.82, 2.24) is 0 Å². The molecule has 0 bridgehead atoms. The lowest BCUT2D eigenvalue weighted by Gasteiger charge is -2.18. The van der Waals surface area contributed by atoms with Crippen LogP contribution < -0.4 is 0 Å². The predicted molar refractivity (Wildman–Crippen MR) is 218 cm³/mol. The minimum absolute atomic E-state index is 0.0547. The summed E-state index contributed by atoms with van der Waals surface area (Å²) >= 11 is 0. The van der Waals surface area contributed by atoms with Gasteiger partial charge in [-0.05, 0) is 67.2 Å². The van der Waals surface area contributed by atoms with Crippen molar-refractivity contribution in [3.8, 4) is 44.7 Å². The molecule has 0 spiro atoms. The highest BCUT2D eigenvalue weighted by Gasteiger charge is 2.25. The first-order valence-corrected chi connectivity index (χ1v) is 16.5. The third-order valence-electron chi connectivity index (χ3n) is 9.56. The molecule has 0 fully saturated rings. The second-order valence-electron chi connectivity index (χ2n) is 12.4. The summed E-state index contributed by atoms with van der Waals surface area (Å²) in [5.41, 5.74) is 2.87. The Morgan fingerprint density at radius 1 is 0.385 bits per heavy atom. The molecule has 9 aromatic carbocycles. The van der Waals surface area contributed by atoms with Gasteiger partial charge in [-0.3, -0.25) is 0 Å². The van der Waals surface area contributed by atoms with Gasteiger partial charge in [0.15, 0.2) is 0 Å². The van der Waals surface area contributed by atoms with E-state index >= 15 is 0 Å². The summed E-state index contributed by atoms with van der Waals surface area (Å²) in [6, 6.07) is 17.7. The van der Waals surface area contributed by atoms with Gasteiger partial charge >= 0.3 is 0 Å². The van der Waals surface area contributed by atoms with Crippen molar-refractivity contribution in [3.63, 3.8) is 0 Å². The van der Waals surface area contributed by atoms with Gasteiger partial charge in [0.1, 0.15) is 22.5 Å². The minimum Gasteiger partial charge on any atom is -0.455 e. The van der Waals surface area contributed by atoms with Gasteiger partial charge in [-0.2, -0.15) is 0 Å². The Morgan fingerprint density at radius 3 is 1.67 bits per heavy atom. The molecule has 0 atom stereocenters. The number of para-hydroxylation sites is 1. The van der Waals surface area contributed by atoms with Gasteiger partial charge in [0, 0.05) is 38.4 Å². The summed E-state index contributed by atoms with van der Waals surface area (Å²) in [5, 5.41) is -0.118. The fourth-order valence-electron chi connectivity index (χ4n) is 7.40. The zero-order chi connectivity index (χ0) is 47.2. The molecule has 0 aliphatic rings. The fourth-order valence-corrected chi connectivity index (χ4v) is 7.40. The maximum atomic E-state index is 9.54. The molecule has 2 nitrogen and oxygen atoms in total. The molecule has 0 aliphatic heterocycles. The molecule has 242 valence electrons. The summed E-state index contributed by atoms with van der Waals surface area (Å²) in [4.78, 5) is 0. The van der Waals surface area contributed by atoms with E-state index in [0.29, 0.717) is 27.7 Å². The van der Waals surface area contributed by atoms with Gasteiger partial charge in [-0.25, -0.2) is 0 Å². The molecule has 11 rings (SSSR count). The minimum atomic E-state index is -0.759. The standard InChI is InChI=1S/C50H30O2/c1-3-15-32(16-4-1)45-48-43(51-49(45)33-17-5-2-6-18-33)29-28-42-47(48)41-25-13-24-40(50(41)52-42)46-38-22-11-9-20-36(38)44(37-21-10-12-23-39(37)46)35-27-26-31-14-7-8-19-34(31)30-35/h1-30H/i7D,8D,9D,10D,11D,12D,14D,19D,20D,21D,22D,23D,26D,27D,30D. The molecule has 11 aromatic rings. The second kappa shape index (κ2) is 11.3. The smallest absolute Gasteiger partial charge is 0.143 e. The van der Waals surface area contributed by atoms with Gasteiger partial charge < -0.3 is 8.83 Å². The summed E-state index contributed by atoms with van der Waals surface area (Å²) < 4.78 is 149. The highest BCUT2D eigenvalue weighted by Crippen LogP contribution is 2.50. The molecule has 0 N–H and O–H groups in total. The van der Waals surface area contributed by atoms with Gasteiger partial charge in [0.25, 0.3) is 0 Å². The molecule has 0 radical (unpaired) electrons. The van der Waals surface area contributed by atoms with Crippen molar-refractivity contribution < 1.29 is 29.4 Å². The molecule has 2 heteroatoms. The molecule has 0 saturated carbocycles. The van der Waals surface area contributed by atoms with E-state index in [9.17, 15) is 8.22 Å². The van der Waals surface area contributed by atoms with E-state index in [2.05, 4.69) is 0 Å². The summed E-state index contributed by atoms with van der Waals surface area (Å²) in [7, 11) is 0. The highest BCUT2D eigenvalue weighted by atomic mass is 16.3. The molecular formula is C50H30O2. The SMILES string of the molecule is [2H]c1c([2H])c([2H])c2c([2H])c(-c3c4c([2H])c([2H])c([2H])c([2H])c4c(-c4cccc5c4oc4ccc6oc(-c7ccccc7)c(-c7ccccc7)c6c45)c4c([2H])c([2H])c([2H])c([2H])c34)c([2H])c([2H])c2c1[2H]. The summed E-state index contributed by atoms with van der Waals surface area (Å²) in [5.74, 6) is 0.613. The Morgan fingerprint density at radius 2 is 0.981 bits per heavy atom. The first-order valence-electron chi connectivity index (χ1n) is 24.0. The molecule has 0 aliphatic carbocycles. The lowest BCUT2D eigenvalue weighted by atomic mass is 9.85. The molecule has 0 amide bonds. The Bertz CT molecular complexity index is 3950. The molecule has 2 heterocycles. The Hall–Kier alpha value is -6.90. The van der Waals surface area contributed by atoms with E-state index in [1.54, 1.807) is 24.3 Å². The van der Waals surface area contributed by atoms with E-state index < -0.39 is 113 Å². The van der Waals surface area contributed by atoms with Crippen molar-refractivity contribution >= 4 is 65.2 Å². The normalized spacial score (nSPS) is 15.9. The Labute approximate surface area is 320 Å². The number of rotatable bonds is 4. The Balaban J connectivity index is 1.36. The monoisotopic (exact) mass is 677 g/mol. The maximum Gasteiger partial charge on any atom is 0.143 e. The molecule has 0 saturated heterocycles.